The molecule has 1 aromatic heterocycles. The van der Waals surface area contributed by atoms with Crippen LogP contribution in [0.25, 0.3) is 0 Å². The van der Waals surface area contributed by atoms with Gasteiger partial charge in [-0.25, -0.2) is 9.95 Å². The molecule has 6 nitrogen and oxygen atoms in total. The molecule has 1 heterocycles. The topological polar surface area (TPSA) is 98.3 Å². The summed E-state index contributed by atoms with van der Waals surface area (Å²) in [5, 5.41) is 2.27. The Morgan fingerprint density at radius 2 is 2.54 bits per heavy atom. The first-order valence-corrected chi connectivity index (χ1v) is 3.64. The van der Waals surface area contributed by atoms with Crippen LogP contribution < -0.4 is 11.4 Å². The number of hydrogen-bond acceptors (Lipinski definition) is 5. The van der Waals surface area contributed by atoms with E-state index in [0.717, 1.165) is 0 Å². The molecule has 0 bridgehead atoms. The summed E-state index contributed by atoms with van der Waals surface area (Å²) >= 11 is 0. The second-order valence-electron chi connectivity index (χ2n) is 2.51. The highest BCUT2D eigenvalue weighted by Gasteiger charge is 2.16. The highest BCUT2D eigenvalue weighted by atomic mass is 16.5. The minimum atomic E-state index is -0.830. The van der Waals surface area contributed by atoms with Gasteiger partial charge < -0.3 is 15.0 Å². The molecule has 1 atom stereocenters. The van der Waals surface area contributed by atoms with Gasteiger partial charge in [0.2, 0.25) is 0 Å². The predicted molar refractivity (Wildman–Crippen MR) is 43.0 cm³/mol. The Bertz CT molecular complexity index is 340. The fraction of sp³-hybridized carbons (Fsp3) is 0.429. The molecule has 0 aromatic carbocycles. The smallest absolute Gasteiger partial charge is 0.360 e. The predicted octanol–water partition coefficient (Wildman–Crippen LogP) is -0.989. The minimum absolute atomic E-state index is 0.110. The first-order valence-electron chi connectivity index (χ1n) is 3.64. The number of methoxy groups -OCH3 is 1. The van der Waals surface area contributed by atoms with Crippen LogP contribution in [0.1, 0.15) is 5.56 Å². The third kappa shape index (κ3) is 2.19. The third-order valence-electron chi connectivity index (χ3n) is 1.59. The number of aromatic nitrogens is 1. The summed E-state index contributed by atoms with van der Waals surface area (Å²) in [6.07, 6.45) is 1.48. The Labute approximate surface area is 73.6 Å². The Balaban J connectivity index is 2.65. The number of carbonyl (C=O) groups excluding carboxylic acids is 1. The molecule has 0 aliphatic carbocycles. The molecule has 0 fully saturated rings. The van der Waals surface area contributed by atoms with Gasteiger partial charge in [0.25, 0.3) is 0 Å². The van der Waals surface area contributed by atoms with Crippen LogP contribution in [0.15, 0.2) is 15.5 Å². The van der Waals surface area contributed by atoms with E-state index in [9.17, 15) is 9.59 Å². The Morgan fingerprint density at radius 1 is 1.85 bits per heavy atom. The number of H-pyrrole nitrogens is 1. The van der Waals surface area contributed by atoms with Crippen LogP contribution in [0.3, 0.4) is 0 Å². The van der Waals surface area contributed by atoms with E-state index >= 15 is 0 Å². The SMILES string of the molecule is COC(=O)[C@@H](N)Cc1c[nH]oc1=O. The van der Waals surface area contributed by atoms with Crippen molar-refractivity contribution in [3.05, 3.63) is 22.2 Å². The van der Waals surface area contributed by atoms with Gasteiger partial charge in [-0.15, -0.1) is 0 Å². The molecule has 3 N–H and O–H groups in total. The lowest BCUT2D eigenvalue weighted by molar-refractivity contribution is -0.142. The monoisotopic (exact) mass is 186 g/mol. The van der Waals surface area contributed by atoms with Gasteiger partial charge in [0.15, 0.2) is 0 Å². The summed E-state index contributed by atoms with van der Waals surface area (Å²) in [4.78, 5) is 21.7. The number of rotatable bonds is 3. The molecule has 1 rings (SSSR count). The highest BCUT2D eigenvalue weighted by Crippen LogP contribution is 1.95. The molecule has 1 aromatic rings. The zero-order chi connectivity index (χ0) is 9.84. The standard InChI is InChI=1S/C7H10N2O4/c1-12-7(11)5(8)2-4-3-9-13-6(4)10/h3,5,9H,2,8H2,1H3/t5-/m0/s1. The molecule has 0 aliphatic rings. The van der Waals surface area contributed by atoms with Gasteiger partial charge in [-0.1, -0.05) is 0 Å². The molecule has 0 aliphatic heterocycles. The summed E-state index contributed by atoms with van der Waals surface area (Å²) in [6, 6.07) is -0.830. The van der Waals surface area contributed by atoms with Crippen molar-refractivity contribution in [3.8, 4) is 0 Å². The number of ether oxygens (including phenoxy) is 1. The summed E-state index contributed by atoms with van der Waals surface area (Å²) < 4.78 is 8.78. The van der Waals surface area contributed by atoms with Crippen LogP contribution in [0, 0.1) is 0 Å². The van der Waals surface area contributed by atoms with Crippen LogP contribution in [0.2, 0.25) is 0 Å². The molecule has 0 saturated carbocycles. The Morgan fingerprint density at radius 3 is 3.00 bits per heavy atom. The molecular weight excluding hydrogens is 176 g/mol. The number of aromatic amines is 1. The zero-order valence-electron chi connectivity index (χ0n) is 7.07. The lowest BCUT2D eigenvalue weighted by Crippen LogP contribution is -2.34. The van der Waals surface area contributed by atoms with Crippen molar-refractivity contribution in [1.29, 1.82) is 0 Å². The van der Waals surface area contributed by atoms with Gasteiger partial charge in [-0.2, -0.15) is 0 Å². The van der Waals surface area contributed by atoms with Crippen LogP contribution in [0.5, 0.6) is 0 Å². The minimum Gasteiger partial charge on any atom is -0.468 e. The quantitative estimate of drug-likeness (QED) is 0.590. The summed E-state index contributed by atoms with van der Waals surface area (Å²) in [5.41, 5.74) is 5.24. The van der Waals surface area contributed by atoms with Gasteiger partial charge in [0.05, 0.1) is 12.7 Å². The van der Waals surface area contributed by atoms with Crippen LogP contribution in [-0.2, 0) is 16.0 Å². The van der Waals surface area contributed by atoms with Gasteiger partial charge in [0, 0.05) is 12.6 Å². The maximum atomic E-state index is 10.9. The van der Waals surface area contributed by atoms with E-state index in [1.165, 1.54) is 13.3 Å². The van der Waals surface area contributed by atoms with Crippen molar-refractivity contribution in [1.82, 2.24) is 5.16 Å². The third-order valence-corrected chi connectivity index (χ3v) is 1.59. The van der Waals surface area contributed by atoms with Gasteiger partial charge >= 0.3 is 11.6 Å². The van der Waals surface area contributed by atoms with Crippen molar-refractivity contribution in [2.24, 2.45) is 5.73 Å². The van der Waals surface area contributed by atoms with Crippen molar-refractivity contribution < 1.29 is 14.1 Å². The number of nitrogens with two attached hydrogens (primary N) is 1. The van der Waals surface area contributed by atoms with E-state index in [4.69, 9.17) is 5.73 Å². The van der Waals surface area contributed by atoms with Crippen LogP contribution in [-0.4, -0.2) is 24.3 Å². The molecule has 6 heteroatoms. The number of carbonyl (C=O) groups is 1. The van der Waals surface area contributed by atoms with Crippen LogP contribution in [0.4, 0.5) is 0 Å². The van der Waals surface area contributed by atoms with E-state index in [-0.39, 0.29) is 6.42 Å². The molecule has 0 amide bonds. The average molecular weight is 186 g/mol. The van der Waals surface area contributed by atoms with E-state index in [1.807, 2.05) is 0 Å². The molecule has 0 saturated heterocycles. The van der Waals surface area contributed by atoms with E-state index in [1.54, 1.807) is 0 Å². The maximum absolute atomic E-state index is 10.9. The fourth-order valence-electron chi connectivity index (χ4n) is 0.892. The van der Waals surface area contributed by atoms with E-state index in [2.05, 4.69) is 14.4 Å². The van der Waals surface area contributed by atoms with Crippen molar-refractivity contribution in [2.45, 2.75) is 12.5 Å². The van der Waals surface area contributed by atoms with E-state index in [0.29, 0.717) is 5.56 Å². The number of hydrogen-bond donors (Lipinski definition) is 2. The molecule has 72 valence electrons. The fourth-order valence-corrected chi connectivity index (χ4v) is 0.892. The van der Waals surface area contributed by atoms with Crippen molar-refractivity contribution in [3.63, 3.8) is 0 Å². The second kappa shape index (κ2) is 3.90. The summed E-state index contributed by atoms with van der Waals surface area (Å²) in [7, 11) is 1.24. The largest absolute Gasteiger partial charge is 0.468 e. The maximum Gasteiger partial charge on any atom is 0.360 e. The summed E-state index contributed by atoms with van der Waals surface area (Å²) in [6.45, 7) is 0. The Hall–Kier alpha value is -1.56. The molecular formula is C7H10N2O4. The van der Waals surface area contributed by atoms with Gasteiger partial charge in [0.1, 0.15) is 6.04 Å². The number of esters is 1. The molecule has 13 heavy (non-hydrogen) atoms. The van der Waals surface area contributed by atoms with Crippen molar-refractivity contribution >= 4 is 5.97 Å². The highest BCUT2D eigenvalue weighted by molar-refractivity contribution is 5.75. The summed E-state index contributed by atoms with van der Waals surface area (Å²) in [5.74, 6) is -0.555. The first-order chi connectivity index (χ1) is 6.15. The van der Waals surface area contributed by atoms with Gasteiger partial charge in [-0.3, -0.25) is 4.79 Å². The van der Waals surface area contributed by atoms with Crippen molar-refractivity contribution in [2.75, 3.05) is 7.11 Å². The number of nitrogens with one attached hydrogen (secondary N) is 1. The van der Waals surface area contributed by atoms with Crippen LogP contribution >= 0.6 is 0 Å². The molecule has 0 radical (unpaired) electrons. The zero-order valence-corrected chi connectivity index (χ0v) is 7.07. The molecule has 0 spiro atoms. The average Bonchev–Trinajstić information content (AvgIpc) is 2.50. The lowest BCUT2D eigenvalue weighted by atomic mass is 10.1. The van der Waals surface area contributed by atoms with Gasteiger partial charge in [-0.05, 0) is 0 Å². The first kappa shape index (κ1) is 9.53. The lowest BCUT2D eigenvalue weighted by Gasteiger charge is -2.05. The second-order valence-corrected chi connectivity index (χ2v) is 2.51. The van der Waals surface area contributed by atoms with E-state index < -0.39 is 17.6 Å². The Kier molecular flexibility index (Phi) is 2.86. The normalized spacial score (nSPS) is 12.5. The molecule has 0 unspecified atom stereocenters.